The third-order valence-corrected chi connectivity index (χ3v) is 4.20. The summed E-state index contributed by atoms with van der Waals surface area (Å²) >= 11 is 10.8. The van der Waals surface area contributed by atoms with Crippen LogP contribution in [-0.4, -0.2) is 31.6 Å². The van der Waals surface area contributed by atoms with Crippen LogP contribution in [0.2, 0.25) is 0 Å². The fraction of sp³-hybridized carbons (Fsp3) is 0.800. The average molecular weight is 258 g/mol. The van der Waals surface area contributed by atoms with Crippen molar-refractivity contribution in [1.82, 2.24) is 20.7 Å². The molecule has 2 saturated heterocycles. The largest absolute Gasteiger partial charge is 0.337 e. The molecular formula is C10H18N4S2. The third-order valence-electron chi connectivity index (χ3n) is 3.65. The summed E-state index contributed by atoms with van der Waals surface area (Å²) in [4.78, 5) is 0. The molecule has 0 aromatic carbocycles. The zero-order chi connectivity index (χ0) is 12.1. The molecule has 2 rings (SSSR count). The fourth-order valence-electron chi connectivity index (χ4n) is 2.22. The van der Waals surface area contributed by atoms with Gasteiger partial charge < -0.3 is 10.6 Å². The van der Waals surface area contributed by atoms with Crippen LogP contribution in [0.5, 0.6) is 0 Å². The van der Waals surface area contributed by atoms with E-state index >= 15 is 0 Å². The molecule has 16 heavy (non-hydrogen) atoms. The lowest BCUT2D eigenvalue weighted by molar-refractivity contribution is 0.0121. The Bertz CT molecular complexity index is 325. The molecular weight excluding hydrogens is 240 g/mol. The van der Waals surface area contributed by atoms with Gasteiger partial charge in [0.1, 0.15) is 11.3 Å². The van der Waals surface area contributed by atoms with E-state index in [2.05, 4.69) is 48.3 Å². The summed E-state index contributed by atoms with van der Waals surface area (Å²) in [6.45, 7) is 8.50. The van der Waals surface area contributed by atoms with Gasteiger partial charge in [-0.1, -0.05) is 13.8 Å². The summed E-state index contributed by atoms with van der Waals surface area (Å²) in [6, 6.07) is 0. The second-order valence-corrected chi connectivity index (χ2v) is 5.51. The van der Waals surface area contributed by atoms with E-state index in [1.54, 1.807) is 0 Å². The van der Waals surface area contributed by atoms with Crippen molar-refractivity contribution in [2.75, 3.05) is 0 Å². The minimum absolute atomic E-state index is 0.200. The maximum Gasteiger partial charge on any atom is 0.192 e. The molecule has 0 bridgehead atoms. The van der Waals surface area contributed by atoms with Gasteiger partial charge in [-0.3, -0.25) is 0 Å². The van der Waals surface area contributed by atoms with E-state index in [1.165, 1.54) is 0 Å². The molecule has 0 aromatic heterocycles. The summed E-state index contributed by atoms with van der Waals surface area (Å²) < 4.78 is 0. The maximum absolute atomic E-state index is 5.41. The molecule has 90 valence electrons. The minimum atomic E-state index is -0.200. The quantitative estimate of drug-likeness (QED) is 0.731. The summed E-state index contributed by atoms with van der Waals surface area (Å²) in [5.74, 6) is 0. The normalized spacial score (nSPS) is 37.5. The van der Waals surface area contributed by atoms with Crippen molar-refractivity contribution in [2.45, 2.75) is 51.9 Å². The SMILES string of the molecule is CC[C@@]1(C)NC(=S)N2N1C(=S)N[C@]2(C)CC. The first-order valence-electron chi connectivity index (χ1n) is 5.62. The zero-order valence-electron chi connectivity index (χ0n) is 10.1. The van der Waals surface area contributed by atoms with Gasteiger partial charge in [0.25, 0.3) is 0 Å². The van der Waals surface area contributed by atoms with Gasteiger partial charge in [-0.05, 0) is 51.1 Å². The van der Waals surface area contributed by atoms with Gasteiger partial charge in [-0.15, -0.1) is 0 Å². The summed E-state index contributed by atoms with van der Waals surface area (Å²) in [6.07, 6.45) is 1.87. The van der Waals surface area contributed by atoms with Gasteiger partial charge in [-0.25, -0.2) is 10.0 Å². The van der Waals surface area contributed by atoms with Crippen LogP contribution in [0.3, 0.4) is 0 Å². The van der Waals surface area contributed by atoms with Crippen LogP contribution in [0.25, 0.3) is 0 Å². The molecule has 2 atom stereocenters. The number of hydrogen-bond donors (Lipinski definition) is 2. The Kier molecular flexibility index (Phi) is 2.54. The van der Waals surface area contributed by atoms with Crippen LogP contribution in [0.1, 0.15) is 40.5 Å². The van der Waals surface area contributed by atoms with Crippen LogP contribution < -0.4 is 10.6 Å². The molecule has 2 heterocycles. The average Bonchev–Trinajstić information content (AvgIpc) is 2.66. The molecule has 0 amide bonds. The van der Waals surface area contributed by atoms with E-state index in [-0.39, 0.29) is 11.3 Å². The Morgan fingerprint density at radius 3 is 1.50 bits per heavy atom. The second-order valence-electron chi connectivity index (χ2n) is 4.74. The standard InChI is InChI=1S/C10H18N4S2/c1-5-9(3)11-7(15)14-10(4,6-2)12-8(16)13(9)14/h5-6H2,1-4H3,(H,11,15)(H,12,16)/t9-,10-/m0/s1. The smallest absolute Gasteiger partial charge is 0.192 e. The zero-order valence-corrected chi connectivity index (χ0v) is 11.8. The van der Waals surface area contributed by atoms with Crippen molar-refractivity contribution < 1.29 is 0 Å². The maximum atomic E-state index is 5.41. The van der Waals surface area contributed by atoms with Gasteiger partial charge in [0.15, 0.2) is 10.2 Å². The molecule has 0 spiro atoms. The number of fused-ring (bicyclic) bond motifs is 1. The highest BCUT2D eigenvalue weighted by Gasteiger charge is 2.56. The Hall–Kier alpha value is -0.620. The van der Waals surface area contributed by atoms with Crippen molar-refractivity contribution in [3.63, 3.8) is 0 Å². The highest BCUT2D eigenvalue weighted by molar-refractivity contribution is 7.80. The van der Waals surface area contributed by atoms with Crippen molar-refractivity contribution in [2.24, 2.45) is 0 Å². The minimum Gasteiger partial charge on any atom is -0.337 e. The Morgan fingerprint density at radius 2 is 1.25 bits per heavy atom. The number of thiocarbonyl (C=S) groups is 2. The summed E-state index contributed by atoms with van der Waals surface area (Å²) in [7, 11) is 0. The molecule has 2 aliphatic rings. The Balaban J connectivity index is 2.44. The highest BCUT2D eigenvalue weighted by Crippen LogP contribution is 2.36. The van der Waals surface area contributed by atoms with Crippen LogP contribution in [0.4, 0.5) is 0 Å². The number of nitrogens with one attached hydrogen (secondary N) is 2. The lowest BCUT2D eigenvalue weighted by Crippen LogP contribution is -2.52. The Morgan fingerprint density at radius 1 is 0.938 bits per heavy atom. The van der Waals surface area contributed by atoms with Crippen molar-refractivity contribution in [3.8, 4) is 0 Å². The molecule has 2 N–H and O–H groups in total. The van der Waals surface area contributed by atoms with Gasteiger partial charge in [0.2, 0.25) is 0 Å². The van der Waals surface area contributed by atoms with Crippen LogP contribution in [0.15, 0.2) is 0 Å². The van der Waals surface area contributed by atoms with Crippen LogP contribution in [-0.2, 0) is 0 Å². The summed E-state index contributed by atoms with van der Waals surface area (Å²) in [5, 5.41) is 12.4. The highest BCUT2D eigenvalue weighted by atomic mass is 32.1. The first-order chi connectivity index (χ1) is 7.38. The van der Waals surface area contributed by atoms with Gasteiger partial charge in [-0.2, -0.15) is 0 Å². The molecule has 0 saturated carbocycles. The van der Waals surface area contributed by atoms with Gasteiger partial charge in [0.05, 0.1) is 0 Å². The number of hydrogen-bond acceptors (Lipinski definition) is 2. The van der Waals surface area contributed by atoms with Crippen LogP contribution >= 0.6 is 24.4 Å². The molecule has 4 nitrogen and oxygen atoms in total. The molecule has 0 unspecified atom stereocenters. The predicted octanol–water partition coefficient (Wildman–Crippen LogP) is 1.53. The molecule has 0 aromatic rings. The predicted molar refractivity (Wildman–Crippen MR) is 72.5 cm³/mol. The van der Waals surface area contributed by atoms with E-state index in [4.69, 9.17) is 24.4 Å². The summed E-state index contributed by atoms with van der Waals surface area (Å²) in [5.41, 5.74) is -0.401. The molecule has 0 aliphatic carbocycles. The first kappa shape index (κ1) is 11.9. The lowest BCUT2D eigenvalue weighted by atomic mass is 10.1. The molecule has 2 fully saturated rings. The monoisotopic (exact) mass is 258 g/mol. The van der Waals surface area contributed by atoms with Gasteiger partial charge >= 0.3 is 0 Å². The molecule has 0 radical (unpaired) electrons. The van der Waals surface area contributed by atoms with Gasteiger partial charge in [0, 0.05) is 0 Å². The second kappa shape index (κ2) is 3.43. The topological polar surface area (TPSA) is 30.5 Å². The van der Waals surface area contributed by atoms with Crippen molar-refractivity contribution >= 4 is 34.7 Å². The van der Waals surface area contributed by atoms with E-state index in [9.17, 15) is 0 Å². The van der Waals surface area contributed by atoms with E-state index in [1.807, 2.05) is 0 Å². The van der Waals surface area contributed by atoms with Crippen LogP contribution in [0, 0.1) is 0 Å². The lowest BCUT2D eigenvalue weighted by Gasteiger charge is -2.36. The van der Waals surface area contributed by atoms with E-state index in [0.29, 0.717) is 0 Å². The molecule has 2 aliphatic heterocycles. The number of rotatable bonds is 2. The number of nitrogens with zero attached hydrogens (tertiary/aromatic N) is 2. The first-order valence-corrected chi connectivity index (χ1v) is 6.44. The van der Waals surface area contributed by atoms with Crippen molar-refractivity contribution in [3.05, 3.63) is 0 Å². The third kappa shape index (κ3) is 1.32. The molecule has 6 heteroatoms. The fourth-order valence-corrected chi connectivity index (χ4v) is 3.23. The van der Waals surface area contributed by atoms with Crippen molar-refractivity contribution in [1.29, 1.82) is 0 Å². The Labute approximate surface area is 107 Å². The van der Waals surface area contributed by atoms with E-state index in [0.717, 1.165) is 23.1 Å². The van der Waals surface area contributed by atoms with E-state index < -0.39 is 0 Å². The number of hydrazine groups is 1.